The molecule has 6 nitrogen and oxygen atoms in total. The SMILES string of the molecule is CN=C(NCc1c(C)nn(Cc2ccccc2)c1C)NCc1cc(Cl)c(Cl)n1C.I. The summed E-state index contributed by atoms with van der Waals surface area (Å²) < 4.78 is 3.90. The van der Waals surface area contributed by atoms with E-state index in [0.29, 0.717) is 29.2 Å². The largest absolute Gasteiger partial charge is 0.352 e. The Labute approximate surface area is 204 Å². The molecular formula is C21H27Cl2IN6. The zero-order chi connectivity index (χ0) is 21.0. The predicted molar refractivity (Wildman–Crippen MR) is 135 cm³/mol. The number of hydrogen-bond acceptors (Lipinski definition) is 2. The summed E-state index contributed by atoms with van der Waals surface area (Å²) in [6.45, 7) is 6.10. The summed E-state index contributed by atoms with van der Waals surface area (Å²) in [6, 6.07) is 12.2. The fourth-order valence-corrected chi connectivity index (χ4v) is 3.64. The van der Waals surface area contributed by atoms with Crippen molar-refractivity contribution in [2.24, 2.45) is 12.0 Å². The highest BCUT2D eigenvalue weighted by atomic mass is 127. The fraction of sp³-hybridized carbons (Fsp3) is 0.333. The third-order valence-corrected chi connectivity index (χ3v) is 5.86. The highest BCUT2D eigenvalue weighted by molar-refractivity contribution is 14.0. The maximum absolute atomic E-state index is 6.13. The molecule has 0 fully saturated rings. The van der Waals surface area contributed by atoms with Gasteiger partial charge in [-0.15, -0.1) is 24.0 Å². The van der Waals surface area contributed by atoms with Crippen LogP contribution < -0.4 is 10.6 Å². The zero-order valence-electron chi connectivity index (χ0n) is 17.5. The van der Waals surface area contributed by atoms with Gasteiger partial charge in [0, 0.05) is 37.6 Å². The molecule has 1 aromatic carbocycles. The summed E-state index contributed by atoms with van der Waals surface area (Å²) in [7, 11) is 3.63. The Hall–Kier alpha value is -1.71. The van der Waals surface area contributed by atoms with E-state index >= 15 is 0 Å². The number of benzene rings is 1. The average molecular weight is 561 g/mol. The van der Waals surface area contributed by atoms with Gasteiger partial charge in [-0.05, 0) is 25.5 Å². The molecule has 0 spiro atoms. The van der Waals surface area contributed by atoms with Gasteiger partial charge in [0.25, 0.3) is 0 Å². The van der Waals surface area contributed by atoms with Gasteiger partial charge in [-0.3, -0.25) is 9.67 Å². The van der Waals surface area contributed by atoms with Crippen molar-refractivity contribution >= 4 is 53.1 Å². The standard InChI is InChI=1S/C21H26Cl2N6.HI/c1-14-18(15(2)29(27-14)13-16-8-6-5-7-9-16)12-26-21(24-3)25-11-17-10-19(22)20(23)28(17)4;/h5-10H,11-13H2,1-4H3,(H2,24,25,26);1H. The van der Waals surface area contributed by atoms with Crippen molar-refractivity contribution in [3.05, 3.63) is 74.8 Å². The Kier molecular flexibility index (Phi) is 9.06. The van der Waals surface area contributed by atoms with Crippen LogP contribution in [-0.2, 0) is 26.7 Å². The number of nitrogens with one attached hydrogen (secondary N) is 2. The van der Waals surface area contributed by atoms with Crippen LogP contribution in [-0.4, -0.2) is 27.4 Å². The number of guanidine groups is 1. The Balaban J connectivity index is 0.00000320. The molecule has 2 N–H and O–H groups in total. The summed E-state index contributed by atoms with van der Waals surface area (Å²) in [5.41, 5.74) is 5.55. The first-order valence-corrected chi connectivity index (χ1v) is 10.2. The average Bonchev–Trinajstić information content (AvgIpc) is 3.12. The molecule has 2 aromatic heterocycles. The van der Waals surface area contributed by atoms with Gasteiger partial charge in [0.2, 0.25) is 0 Å². The summed E-state index contributed by atoms with van der Waals surface area (Å²) >= 11 is 12.2. The summed E-state index contributed by atoms with van der Waals surface area (Å²) in [5.74, 6) is 0.702. The van der Waals surface area contributed by atoms with E-state index in [9.17, 15) is 0 Å². The van der Waals surface area contributed by atoms with E-state index < -0.39 is 0 Å². The molecule has 0 aliphatic rings. The highest BCUT2D eigenvalue weighted by Gasteiger charge is 2.13. The first-order valence-electron chi connectivity index (χ1n) is 9.41. The van der Waals surface area contributed by atoms with E-state index in [-0.39, 0.29) is 24.0 Å². The Bertz CT molecular complexity index is 1010. The second-order valence-electron chi connectivity index (χ2n) is 6.91. The van der Waals surface area contributed by atoms with Crippen LogP contribution in [0.25, 0.3) is 0 Å². The molecule has 0 radical (unpaired) electrons. The van der Waals surface area contributed by atoms with E-state index in [1.165, 1.54) is 11.1 Å². The van der Waals surface area contributed by atoms with Crippen molar-refractivity contribution in [3.8, 4) is 0 Å². The van der Waals surface area contributed by atoms with Crippen LogP contribution in [0.5, 0.6) is 0 Å². The molecule has 0 amide bonds. The first kappa shape index (κ1) is 24.6. The highest BCUT2D eigenvalue weighted by Crippen LogP contribution is 2.24. The minimum Gasteiger partial charge on any atom is -0.352 e. The summed E-state index contributed by atoms with van der Waals surface area (Å²) in [5, 5.41) is 12.5. The van der Waals surface area contributed by atoms with Crippen molar-refractivity contribution < 1.29 is 0 Å². The van der Waals surface area contributed by atoms with Crippen molar-refractivity contribution in [2.75, 3.05) is 7.05 Å². The molecule has 0 atom stereocenters. The molecule has 162 valence electrons. The van der Waals surface area contributed by atoms with Crippen molar-refractivity contribution in [2.45, 2.75) is 33.5 Å². The topological polar surface area (TPSA) is 59.2 Å². The number of aryl methyl sites for hydroxylation is 1. The van der Waals surface area contributed by atoms with Crippen LogP contribution in [0.4, 0.5) is 0 Å². The van der Waals surface area contributed by atoms with E-state index in [0.717, 1.165) is 23.6 Å². The molecule has 2 heterocycles. The Morgan fingerprint density at radius 1 is 1.10 bits per heavy atom. The molecule has 0 saturated heterocycles. The molecular weight excluding hydrogens is 534 g/mol. The quantitative estimate of drug-likeness (QED) is 0.261. The molecule has 9 heteroatoms. The lowest BCUT2D eigenvalue weighted by Crippen LogP contribution is -2.36. The zero-order valence-corrected chi connectivity index (χ0v) is 21.4. The molecule has 30 heavy (non-hydrogen) atoms. The van der Waals surface area contributed by atoms with Crippen LogP contribution in [0.2, 0.25) is 10.2 Å². The second kappa shape index (κ2) is 11.1. The number of rotatable bonds is 6. The minimum absolute atomic E-state index is 0. The van der Waals surface area contributed by atoms with Gasteiger partial charge in [0.1, 0.15) is 5.15 Å². The predicted octanol–water partition coefficient (Wildman–Crippen LogP) is 4.68. The molecule has 3 aromatic rings. The smallest absolute Gasteiger partial charge is 0.191 e. The molecule has 3 rings (SSSR count). The lowest BCUT2D eigenvalue weighted by Gasteiger charge is -2.13. The number of aliphatic imine (C=N–C) groups is 1. The van der Waals surface area contributed by atoms with Crippen molar-refractivity contribution in [3.63, 3.8) is 0 Å². The molecule has 0 bridgehead atoms. The van der Waals surface area contributed by atoms with Gasteiger partial charge >= 0.3 is 0 Å². The fourth-order valence-electron chi connectivity index (χ4n) is 3.23. The van der Waals surface area contributed by atoms with Gasteiger partial charge in [-0.25, -0.2) is 0 Å². The summed E-state index contributed by atoms with van der Waals surface area (Å²) in [4.78, 5) is 4.30. The van der Waals surface area contributed by atoms with E-state index in [1.807, 2.05) is 47.5 Å². The van der Waals surface area contributed by atoms with Gasteiger partial charge in [-0.2, -0.15) is 5.10 Å². The van der Waals surface area contributed by atoms with Crippen molar-refractivity contribution in [1.29, 1.82) is 0 Å². The molecule has 0 unspecified atom stereocenters. The van der Waals surface area contributed by atoms with Gasteiger partial charge < -0.3 is 15.2 Å². The Morgan fingerprint density at radius 2 is 1.77 bits per heavy atom. The number of hydrogen-bond donors (Lipinski definition) is 2. The van der Waals surface area contributed by atoms with Crippen molar-refractivity contribution in [1.82, 2.24) is 25.0 Å². The minimum atomic E-state index is 0. The van der Waals surface area contributed by atoms with E-state index in [4.69, 9.17) is 28.3 Å². The van der Waals surface area contributed by atoms with Crippen LogP contribution in [0, 0.1) is 13.8 Å². The monoisotopic (exact) mass is 560 g/mol. The lowest BCUT2D eigenvalue weighted by molar-refractivity contribution is 0.657. The number of halogens is 3. The van der Waals surface area contributed by atoms with Gasteiger partial charge in [0.05, 0.1) is 23.8 Å². The van der Waals surface area contributed by atoms with Crippen LogP contribution >= 0.6 is 47.2 Å². The lowest BCUT2D eigenvalue weighted by atomic mass is 10.2. The summed E-state index contributed by atoms with van der Waals surface area (Å²) in [6.07, 6.45) is 0. The first-order chi connectivity index (χ1) is 13.9. The van der Waals surface area contributed by atoms with Crippen LogP contribution in [0.1, 0.15) is 28.2 Å². The van der Waals surface area contributed by atoms with E-state index in [2.05, 4.69) is 34.7 Å². The normalized spacial score (nSPS) is 11.3. The molecule has 0 aliphatic heterocycles. The van der Waals surface area contributed by atoms with Gasteiger partial charge in [-0.1, -0.05) is 53.5 Å². The number of aromatic nitrogens is 3. The third kappa shape index (κ3) is 5.70. The van der Waals surface area contributed by atoms with Crippen LogP contribution in [0.15, 0.2) is 41.4 Å². The second-order valence-corrected chi connectivity index (χ2v) is 7.67. The van der Waals surface area contributed by atoms with E-state index in [1.54, 1.807) is 7.05 Å². The Morgan fingerprint density at radius 3 is 2.37 bits per heavy atom. The maximum atomic E-state index is 6.13. The number of nitrogens with zero attached hydrogens (tertiary/aromatic N) is 4. The maximum Gasteiger partial charge on any atom is 0.191 e. The molecule has 0 aliphatic carbocycles. The van der Waals surface area contributed by atoms with Gasteiger partial charge in [0.15, 0.2) is 5.96 Å². The van der Waals surface area contributed by atoms with Crippen LogP contribution in [0.3, 0.4) is 0 Å². The molecule has 0 saturated carbocycles. The third-order valence-electron chi connectivity index (χ3n) is 5.02.